The third kappa shape index (κ3) is 2.18. The van der Waals surface area contributed by atoms with Gasteiger partial charge in [0.25, 0.3) is 0 Å². The first-order valence-electron chi connectivity index (χ1n) is 6.19. The summed E-state index contributed by atoms with van der Waals surface area (Å²) in [5.41, 5.74) is 3.07. The van der Waals surface area contributed by atoms with Crippen molar-refractivity contribution in [2.24, 2.45) is 0 Å². The van der Waals surface area contributed by atoms with Gasteiger partial charge in [0.15, 0.2) is 0 Å². The lowest BCUT2D eigenvalue weighted by molar-refractivity contribution is 0.627. The van der Waals surface area contributed by atoms with Gasteiger partial charge in [-0.1, -0.05) is 6.07 Å². The van der Waals surface area contributed by atoms with Crippen LogP contribution in [0.15, 0.2) is 23.6 Å². The standard InChI is InChI=1S/C14H15FN2S/c1-9-4-5-10(15)7-11(9)14-17-13(8-18-14)12-3-2-6-16-12/h4-5,7-8,12,16H,2-3,6H2,1H3. The van der Waals surface area contributed by atoms with Gasteiger partial charge < -0.3 is 5.32 Å². The zero-order chi connectivity index (χ0) is 12.5. The number of benzene rings is 1. The minimum absolute atomic E-state index is 0.202. The summed E-state index contributed by atoms with van der Waals surface area (Å²) in [4.78, 5) is 4.65. The largest absolute Gasteiger partial charge is 0.309 e. The summed E-state index contributed by atoms with van der Waals surface area (Å²) in [5, 5.41) is 6.43. The molecule has 18 heavy (non-hydrogen) atoms. The molecule has 0 radical (unpaired) electrons. The molecule has 1 aromatic heterocycles. The van der Waals surface area contributed by atoms with Crippen LogP contribution in [0.2, 0.25) is 0 Å². The van der Waals surface area contributed by atoms with Gasteiger partial charge in [-0.3, -0.25) is 0 Å². The van der Waals surface area contributed by atoms with Crippen LogP contribution in [0.1, 0.15) is 30.1 Å². The van der Waals surface area contributed by atoms with E-state index >= 15 is 0 Å². The van der Waals surface area contributed by atoms with Crippen molar-refractivity contribution in [2.45, 2.75) is 25.8 Å². The van der Waals surface area contributed by atoms with Crippen molar-refractivity contribution in [1.82, 2.24) is 10.3 Å². The Hall–Kier alpha value is -1.26. The number of hydrogen-bond acceptors (Lipinski definition) is 3. The van der Waals surface area contributed by atoms with Crippen LogP contribution in [0.5, 0.6) is 0 Å². The van der Waals surface area contributed by atoms with Gasteiger partial charge in [-0.05, 0) is 44.0 Å². The zero-order valence-electron chi connectivity index (χ0n) is 10.2. The van der Waals surface area contributed by atoms with Crippen molar-refractivity contribution in [3.8, 4) is 10.6 Å². The Morgan fingerprint density at radius 2 is 2.33 bits per heavy atom. The van der Waals surface area contributed by atoms with Crippen LogP contribution in [0.4, 0.5) is 4.39 Å². The first kappa shape index (κ1) is 11.8. The molecule has 1 N–H and O–H groups in total. The van der Waals surface area contributed by atoms with E-state index in [1.54, 1.807) is 23.5 Å². The van der Waals surface area contributed by atoms with Crippen molar-refractivity contribution >= 4 is 11.3 Å². The average Bonchev–Trinajstić information content (AvgIpc) is 3.00. The summed E-state index contributed by atoms with van der Waals surface area (Å²) in [6, 6.07) is 5.25. The highest BCUT2D eigenvalue weighted by molar-refractivity contribution is 7.13. The highest BCUT2D eigenvalue weighted by Crippen LogP contribution is 2.31. The Kier molecular flexibility index (Phi) is 3.14. The van der Waals surface area contributed by atoms with E-state index in [1.165, 1.54) is 12.5 Å². The van der Waals surface area contributed by atoms with Gasteiger partial charge in [-0.15, -0.1) is 11.3 Å². The quantitative estimate of drug-likeness (QED) is 0.893. The fourth-order valence-corrected chi connectivity index (χ4v) is 3.29. The molecule has 0 amide bonds. The van der Waals surface area contributed by atoms with Crippen LogP contribution in [-0.2, 0) is 0 Å². The summed E-state index contributed by atoms with van der Waals surface area (Å²) in [7, 11) is 0. The van der Waals surface area contributed by atoms with Crippen molar-refractivity contribution in [3.63, 3.8) is 0 Å². The number of thiazole rings is 1. The molecule has 4 heteroatoms. The second-order valence-corrected chi connectivity index (χ2v) is 5.54. The van der Waals surface area contributed by atoms with Gasteiger partial charge >= 0.3 is 0 Å². The average molecular weight is 262 g/mol. The molecule has 0 aliphatic carbocycles. The van der Waals surface area contributed by atoms with E-state index in [0.717, 1.165) is 34.8 Å². The van der Waals surface area contributed by atoms with E-state index in [9.17, 15) is 4.39 Å². The topological polar surface area (TPSA) is 24.9 Å². The summed E-state index contributed by atoms with van der Waals surface area (Å²) in [6.45, 7) is 3.06. The molecule has 0 saturated carbocycles. The molecule has 1 saturated heterocycles. The Morgan fingerprint density at radius 1 is 1.44 bits per heavy atom. The fourth-order valence-electron chi connectivity index (χ4n) is 2.33. The lowest BCUT2D eigenvalue weighted by Crippen LogP contribution is -2.12. The van der Waals surface area contributed by atoms with Crippen LogP contribution >= 0.6 is 11.3 Å². The predicted molar refractivity (Wildman–Crippen MR) is 72.2 cm³/mol. The number of aryl methyl sites for hydroxylation is 1. The maximum absolute atomic E-state index is 13.3. The number of rotatable bonds is 2. The molecule has 1 atom stereocenters. The van der Waals surface area contributed by atoms with Gasteiger partial charge in [0.05, 0.1) is 11.7 Å². The van der Waals surface area contributed by atoms with Gasteiger partial charge in [0.1, 0.15) is 10.8 Å². The zero-order valence-corrected chi connectivity index (χ0v) is 11.1. The van der Waals surface area contributed by atoms with E-state index in [1.807, 2.05) is 6.92 Å². The monoisotopic (exact) mass is 262 g/mol. The molecule has 1 aliphatic rings. The predicted octanol–water partition coefficient (Wildman–Crippen LogP) is 3.68. The summed E-state index contributed by atoms with van der Waals surface area (Å²) >= 11 is 1.59. The smallest absolute Gasteiger partial charge is 0.124 e. The molecular weight excluding hydrogens is 247 g/mol. The van der Waals surface area contributed by atoms with E-state index in [2.05, 4.69) is 15.7 Å². The third-order valence-corrected chi connectivity index (χ3v) is 4.26. The Bertz CT molecular complexity index is 559. The molecule has 0 spiro atoms. The van der Waals surface area contributed by atoms with Crippen LogP contribution in [-0.4, -0.2) is 11.5 Å². The molecule has 2 heterocycles. The molecule has 2 aromatic rings. The molecule has 1 aliphatic heterocycles. The summed E-state index contributed by atoms with van der Waals surface area (Å²) < 4.78 is 13.3. The van der Waals surface area contributed by atoms with Crippen molar-refractivity contribution in [2.75, 3.05) is 6.54 Å². The molecule has 1 fully saturated rings. The second kappa shape index (κ2) is 4.78. The number of hydrogen-bond donors (Lipinski definition) is 1. The van der Waals surface area contributed by atoms with Crippen molar-refractivity contribution < 1.29 is 4.39 Å². The van der Waals surface area contributed by atoms with Gasteiger partial charge in [-0.2, -0.15) is 0 Å². The molecule has 2 nitrogen and oxygen atoms in total. The van der Waals surface area contributed by atoms with Crippen molar-refractivity contribution in [3.05, 3.63) is 40.7 Å². The van der Waals surface area contributed by atoms with E-state index in [-0.39, 0.29) is 5.82 Å². The van der Waals surface area contributed by atoms with E-state index < -0.39 is 0 Å². The number of aromatic nitrogens is 1. The highest BCUT2D eigenvalue weighted by atomic mass is 32.1. The van der Waals surface area contributed by atoms with Gasteiger partial charge in [0.2, 0.25) is 0 Å². The molecule has 1 aromatic carbocycles. The lowest BCUT2D eigenvalue weighted by Gasteiger charge is -2.05. The molecule has 0 bridgehead atoms. The normalized spacial score (nSPS) is 19.3. The van der Waals surface area contributed by atoms with Crippen LogP contribution < -0.4 is 5.32 Å². The first-order valence-corrected chi connectivity index (χ1v) is 7.07. The number of nitrogens with zero attached hydrogens (tertiary/aromatic N) is 1. The minimum Gasteiger partial charge on any atom is -0.309 e. The van der Waals surface area contributed by atoms with Crippen LogP contribution in [0, 0.1) is 12.7 Å². The van der Waals surface area contributed by atoms with Crippen molar-refractivity contribution in [1.29, 1.82) is 0 Å². The van der Waals surface area contributed by atoms with Gasteiger partial charge in [0, 0.05) is 10.9 Å². The number of halogens is 1. The molecule has 1 unspecified atom stereocenters. The molecular formula is C14H15FN2S. The van der Waals surface area contributed by atoms with Crippen LogP contribution in [0.3, 0.4) is 0 Å². The SMILES string of the molecule is Cc1ccc(F)cc1-c1nc(C2CCCN2)cs1. The lowest BCUT2D eigenvalue weighted by atomic mass is 10.1. The maximum atomic E-state index is 13.3. The highest BCUT2D eigenvalue weighted by Gasteiger charge is 2.19. The summed E-state index contributed by atoms with van der Waals surface area (Å²) in [6.07, 6.45) is 2.35. The van der Waals surface area contributed by atoms with Gasteiger partial charge in [-0.25, -0.2) is 9.37 Å². The van der Waals surface area contributed by atoms with Crippen LogP contribution in [0.25, 0.3) is 10.6 Å². The second-order valence-electron chi connectivity index (χ2n) is 4.69. The summed E-state index contributed by atoms with van der Waals surface area (Å²) in [5.74, 6) is -0.202. The minimum atomic E-state index is -0.202. The number of nitrogens with one attached hydrogen (secondary N) is 1. The Labute approximate surface area is 110 Å². The third-order valence-electron chi connectivity index (χ3n) is 3.37. The fraction of sp³-hybridized carbons (Fsp3) is 0.357. The molecule has 94 valence electrons. The Morgan fingerprint density at radius 3 is 3.11 bits per heavy atom. The molecule has 3 rings (SSSR count). The maximum Gasteiger partial charge on any atom is 0.124 e. The van der Waals surface area contributed by atoms with E-state index in [4.69, 9.17) is 0 Å². The first-order chi connectivity index (χ1) is 8.74. The Balaban J connectivity index is 1.94. The van der Waals surface area contributed by atoms with E-state index in [0.29, 0.717) is 6.04 Å².